The second-order valence-corrected chi connectivity index (χ2v) is 1.88. The average Bonchev–Trinajstić information content (AvgIpc) is 2.30. The van der Waals surface area contributed by atoms with Crippen LogP contribution in [0.2, 0.25) is 0 Å². The summed E-state index contributed by atoms with van der Waals surface area (Å²) in [6, 6.07) is 0. The summed E-state index contributed by atoms with van der Waals surface area (Å²) < 4.78 is 1.11. The van der Waals surface area contributed by atoms with Gasteiger partial charge in [-0.05, 0) is 0 Å². The molecule has 1 aromatic rings. The van der Waals surface area contributed by atoms with E-state index in [0.717, 1.165) is 4.68 Å². The zero-order valence-electron chi connectivity index (χ0n) is 5.69. The number of nitrogens with two attached hydrogens (primary N) is 1. The average molecular weight is 153 g/mol. The molecule has 0 aliphatic carbocycles. The third kappa shape index (κ3) is 1.07. The van der Waals surface area contributed by atoms with Gasteiger partial charge in [0.25, 0.3) is 0 Å². The lowest BCUT2D eigenvalue weighted by molar-refractivity contribution is 0.0689. The topological polar surface area (TPSA) is 81.1 Å². The fraction of sp³-hybridized carbons (Fsp3) is 0. The predicted octanol–water partition coefficient (Wildman–Crippen LogP) is 0.264. The predicted molar refractivity (Wildman–Crippen MR) is 40.0 cm³/mol. The van der Waals surface area contributed by atoms with Gasteiger partial charge in [0, 0.05) is 6.20 Å². The Hall–Kier alpha value is -1.78. The minimum atomic E-state index is -1.11. The van der Waals surface area contributed by atoms with E-state index in [1.807, 2.05) is 0 Å². The molecule has 0 saturated carbocycles. The second kappa shape index (κ2) is 2.45. The van der Waals surface area contributed by atoms with Crippen LogP contribution < -0.4 is 5.73 Å². The largest absolute Gasteiger partial charge is 0.476 e. The van der Waals surface area contributed by atoms with Crippen LogP contribution in [0.1, 0.15) is 10.5 Å². The van der Waals surface area contributed by atoms with Gasteiger partial charge in [-0.25, -0.2) is 9.48 Å². The highest BCUT2D eigenvalue weighted by molar-refractivity contribution is 5.92. The van der Waals surface area contributed by atoms with Crippen LogP contribution in [0.15, 0.2) is 12.8 Å². The van der Waals surface area contributed by atoms with Crippen molar-refractivity contribution in [3.63, 3.8) is 0 Å². The van der Waals surface area contributed by atoms with Gasteiger partial charge in [-0.2, -0.15) is 5.10 Å². The van der Waals surface area contributed by atoms with Crippen LogP contribution in [0.5, 0.6) is 0 Å². The molecule has 0 fully saturated rings. The van der Waals surface area contributed by atoms with Crippen LogP contribution >= 0.6 is 0 Å². The molecule has 0 radical (unpaired) electrons. The van der Waals surface area contributed by atoms with E-state index in [1.165, 1.54) is 12.4 Å². The summed E-state index contributed by atoms with van der Waals surface area (Å²) >= 11 is 0. The van der Waals surface area contributed by atoms with Gasteiger partial charge in [-0.15, -0.1) is 0 Å². The van der Waals surface area contributed by atoms with Crippen molar-refractivity contribution < 1.29 is 9.90 Å². The standard InChI is InChI=1S/C6H7N3O2/c1-2-9-5(6(10)11)4(7)3-8-9/h2-3H,1,7H2,(H,10,11). The number of aromatic carboxylic acids is 1. The normalized spacial score (nSPS) is 9.45. The lowest BCUT2D eigenvalue weighted by atomic mass is 10.4. The summed E-state index contributed by atoms with van der Waals surface area (Å²) in [7, 11) is 0. The smallest absolute Gasteiger partial charge is 0.356 e. The fourth-order valence-electron chi connectivity index (χ4n) is 0.735. The Morgan fingerprint density at radius 2 is 2.55 bits per heavy atom. The molecule has 0 bridgehead atoms. The zero-order valence-corrected chi connectivity index (χ0v) is 5.69. The van der Waals surface area contributed by atoms with Crippen molar-refractivity contribution in [2.75, 3.05) is 5.73 Å². The third-order valence-electron chi connectivity index (χ3n) is 1.20. The second-order valence-electron chi connectivity index (χ2n) is 1.88. The van der Waals surface area contributed by atoms with Gasteiger partial charge in [0.05, 0.1) is 11.9 Å². The number of nitrogen functional groups attached to an aromatic ring is 1. The van der Waals surface area contributed by atoms with Crippen molar-refractivity contribution in [2.45, 2.75) is 0 Å². The first-order valence-electron chi connectivity index (χ1n) is 2.85. The fourth-order valence-corrected chi connectivity index (χ4v) is 0.735. The summed E-state index contributed by atoms with van der Waals surface area (Å²) in [4.78, 5) is 10.5. The minimum Gasteiger partial charge on any atom is -0.476 e. The number of hydrogen-bond acceptors (Lipinski definition) is 3. The van der Waals surface area contributed by atoms with Crippen molar-refractivity contribution in [1.82, 2.24) is 9.78 Å². The maximum Gasteiger partial charge on any atom is 0.356 e. The quantitative estimate of drug-likeness (QED) is 0.638. The molecule has 0 atom stereocenters. The van der Waals surface area contributed by atoms with Gasteiger partial charge in [0.2, 0.25) is 0 Å². The SMILES string of the molecule is C=Cn1ncc(N)c1C(=O)O. The number of anilines is 1. The summed E-state index contributed by atoms with van der Waals surface area (Å²) in [5.74, 6) is -1.11. The van der Waals surface area contributed by atoms with Crippen LogP contribution in [0, 0.1) is 0 Å². The van der Waals surface area contributed by atoms with Crippen LogP contribution in [0.25, 0.3) is 6.20 Å². The van der Waals surface area contributed by atoms with Gasteiger partial charge in [0.15, 0.2) is 5.69 Å². The van der Waals surface area contributed by atoms with Crippen molar-refractivity contribution in [3.05, 3.63) is 18.5 Å². The van der Waals surface area contributed by atoms with Crippen molar-refractivity contribution in [3.8, 4) is 0 Å². The van der Waals surface area contributed by atoms with Gasteiger partial charge in [-0.1, -0.05) is 6.58 Å². The maximum atomic E-state index is 10.5. The van der Waals surface area contributed by atoms with Crippen LogP contribution in [0.4, 0.5) is 5.69 Å². The van der Waals surface area contributed by atoms with Gasteiger partial charge >= 0.3 is 5.97 Å². The molecule has 1 aromatic heterocycles. The molecule has 11 heavy (non-hydrogen) atoms. The highest BCUT2D eigenvalue weighted by Crippen LogP contribution is 2.09. The Labute approximate surface area is 62.7 Å². The number of hydrogen-bond donors (Lipinski definition) is 2. The van der Waals surface area contributed by atoms with Gasteiger partial charge in [0.1, 0.15) is 0 Å². The molecule has 0 aromatic carbocycles. The molecule has 58 valence electrons. The highest BCUT2D eigenvalue weighted by Gasteiger charge is 2.12. The molecule has 1 heterocycles. The number of carbonyl (C=O) groups is 1. The summed E-state index contributed by atoms with van der Waals surface area (Å²) in [5, 5.41) is 12.2. The first-order valence-corrected chi connectivity index (χ1v) is 2.85. The number of aromatic nitrogens is 2. The van der Waals surface area contributed by atoms with E-state index >= 15 is 0 Å². The number of rotatable bonds is 2. The Morgan fingerprint density at radius 1 is 1.91 bits per heavy atom. The Balaban J connectivity index is 3.28. The molecule has 0 spiro atoms. The molecule has 0 aliphatic heterocycles. The van der Waals surface area contributed by atoms with Crippen molar-refractivity contribution >= 4 is 17.9 Å². The molecule has 0 amide bonds. The highest BCUT2D eigenvalue weighted by atomic mass is 16.4. The molecule has 1 rings (SSSR count). The lowest BCUT2D eigenvalue weighted by Crippen LogP contribution is -2.06. The minimum absolute atomic E-state index is 0.0556. The molecule has 3 N–H and O–H groups in total. The van der Waals surface area contributed by atoms with Crippen molar-refractivity contribution in [2.24, 2.45) is 0 Å². The molecule has 0 saturated heterocycles. The first-order chi connectivity index (χ1) is 5.16. The summed E-state index contributed by atoms with van der Waals surface area (Å²) in [6.45, 7) is 3.37. The monoisotopic (exact) mass is 153 g/mol. The van der Waals surface area contributed by atoms with Crippen LogP contribution in [-0.2, 0) is 0 Å². The first kappa shape index (κ1) is 7.33. The molecule has 0 aliphatic rings. The number of carboxylic acids is 1. The molecule has 5 nitrogen and oxygen atoms in total. The molecule has 0 unspecified atom stereocenters. The van der Waals surface area contributed by atoms with Crippen LogP contribution in [-0.4, -0.2) is 20.9 Å². The summed E-state index contributed by atoms with van der Waals surface area (Å²) in [6.07, 6.45) is 2.55. The number of nitrogens with zero attached hydrogens (tertiary/aromatic N) is 2. The van der Waals surface area contributed by atoms with E-state index < -0.39 is 5.97 Å². The molecule has 5 heteroatoms. The Morgan fingerprint density at radius 3 is 2.91 bits per heavy atom. The zero-order chi connectivity index (χ0) is 8.43. The maximum absolute atomic E-state index is 10.5. The number of carboxylic acid groups (broad SMARTS) is 1. The van der Waals surface area contributed by atoms with Gasteiger partial charge in [-0.3, -0.25) is 0 Å². The van der Waals surface area contributed by atoms with E-state index in [0.29, 0.717) is 0 Å². The molecular formula is C6H7N3O2. The van der Waals surface area contributed by atoms with E-state index in [4.69, 9.17) is 10.8 Å². The van der Waals surface area contributed by atoms with E-state index in [1.54, 1.807) is 0 Å². The van der Waals surface area contributed by atoms with Crippen molar-refractivity contribution in [1.29, 1.82) is 0 Å². The van der Waals surface area contributed by atoms with Gasteiger partial charge < -0.3 is 10.8 Å². The lowest BCUT2D eigenvalue weighted by Gasteiger charge is -1.95. The van der Waals surface area contributed by atoms with E-state index in [2.05, 4.69) is 11.7 Å². The van der Waals surface area contributed by atoms with E-state index in [9.17, 15) is 4.79 Å². The Kier molecular flexibility index (Phi) is 1.63. The van der Waals surface area contributed by atoms with Crippen LogP contribution in [0.3, 0.4) is 0 Å². The summed E-state index contributed by atoms with van der Waals surface area (Å²) in [5.41, 5.74) is 5.39. The Bertz CT molecular complexity index is 303. The third-order valence-corrected chi connectivity index (χ3v) is 1.20. The van der Waals surface area contributed by atoms with E-state index in [-0.39, 0.29) is 11.4 Å². The molecular weight excluding hydrogens is 146 g/mol.